The second-order valence-electron chi connectivity index (χ2n) is 6.62. The van der Waals surface area contributed by atoms with Gasteiger partial charge in [0.15, 0.2) is 0 Å². The van der Waals surface area contributed by atoms with Crippen molar-refractivity contribution in [3.8, 4) is 0 Å². The van der Waals surface area contributed by atoms with Crippen molar-refractivity contribution in [3.05, 3.63) is 29.8 Å². The molecule has 5 heteroatoms. The molecule has 138 valence electrons. The third kappa shape index (κ3) is 7.26. The molecular weight excluding hydrogens is 316 g/mol. The van der Waals surface area contributed by atoms with E-state index in [1.165, 1.54) is 12.8 Å². The largest absolute Gasteiger partial charge is 0.378 e. The molecule has 25 heavy (non-hydrogen) atoms. The number of hydrogen-bond acceptors (Lipinski definition) is 3. The number of anilines is 1. The molecule has 2 N–H and O–H groups in total. The van der Waals surface area contributed by atoms with E-state index in [-0.39, 0.29) is 11.8 Å². The van der Waals surface area contributed by atoms with Crippen molar-refractivity contribution in [1.29, 1.82) is 0 Å². The standard InChI is InChI=1S/C20H30N2O3/c1-2-3-9-19(23)22-17-12-10-16(11-13-17)20(24)21-14-5-4-7-18-8-6-15-25-18/h10-13,18H,2-9,14-15H2,1H3,(H,21,24)(H,22,23)/t18-/m0/s1. The van der Waals surface area contributed by atoms with Crippen molar-refractivity contribution in [1.82, 2.24) is 5.32 Å². The van der Waals surface area contributed by atoms with Crippen LogP contribution in [0.3, 0.4) is 0 Å². The van der Waals surface area contributed by atoms with Gasteiger partial charge in [0.1, 0.15) is 0 Å². The van der Waals surface area contributed by atoms with Gasteiger partial charge in [-0.1, -0.05) is 13.3 Å². The van der Waals surface area contributed by atoms with Crippen molar-refractivity contribution in [3.63, 3.8) is 0 Å². The normalized spacial score (nSPS) is 16.6. The van der Waals surface area contributed by atoms with Crippen LogP contribution in [-0.2, 0) is 9.53 Å². The second-order valence-corrected chi connectivity index (χ2v) is 6.62. The van der Waals surface area contributed by atoms with Crippen molar-refractivity contribution < 1.29 is 14.3 Å². The van der Waals surface area contributed by atoms with Crippen LogP contribution in [-0.4, -0.2) is 31.1 Å². The second kappa shape index (κ2) is 10.9. The highest BCUT2D eigenvalue weighted by molar-refractivity contribution is 5.95. The molecule has 0 bridgehead atoms. The molecule has 1 aliphatic heterocycles. The van der Waals surface area contributed by atoms with E-state index in [0.717, 1.165) is 44.4 Å². The van der Waals surface area contributed by atoms with Crippen LogP contribution in [0.4, 0.5) is 5.69 Å². The molecule has 1 saturated heterocycles. The van der Waals surface area contributed by atoms with Crippen LogP contribution in [0.25, 0.3) is 0 Å². The highest BCUT2D eigenvalue weighted by Crippen LogP contribution is 2.17. The quantitative estimate of drug-likeness (QED) is 0.632. The summed E-state index contributed by atoms with van der Waals surface area (Å²) in [7, 11) is 0. The molecule has 0 aliphatic carbocycles. The number of hydrogen-bond donors (Lipinski definition) is 2. The molecule has 1 aromatic carbocycles. The molecule has 2 rings (SSSR count). The van der Waals surface area contributed by atoms with E-state index in [0.29, 0.717) is 24.6 Å². The van der Waals surface area contributed by atoms with Crippen LogP contribution in [0, 0.1) is 0 Å². The zero-order valence-corrected chi connectivity index (χ0v) is 15.2. The molecule has 0 aromatic heterocycles. The Morgan fingerprint density at radius 3 is 2.64 bits per heavy atom. The molecule has 0 unspecified atom stereocenters. The van der Waals surface area contributed by atoms with E-state index in [1.807, 2.05) is 0 Å². The van der Waals surface area contributed by atoms with Gasteiger partial charge in [0.2, 0.25) is 5.91 Å². The number of carbonyl (C=O) groups excluding carboxylic acids is 2. The van der Waals surface area contributed by atoms with Crippen molar-refractivity contribution >= 4 is 17.5 Å². The van der Waals surface area contributed by atoms with Crippen LogP contribution in [0.15, 0.2) is 24.3 Å². The predicted molar refractivity (Wildman–Crippen MR) is 99.8 cm³/mol. The Morgan fingerprint density at radius 1 is 1.16 bits per heavy atom. The van der Waals surface area contributed by atoms with Gasteiger partial charge in [-0.25, -0.2) is 0 Å². The van der Waals surface area contributed by atoms with Gasteiger partial charge in [-0.05, 0) is 62.8 Å². The lowest BCUT2D eigenvalue weighted by Crippen LogP contribution is -2.24. The van der Waals surface area contributed by atoms with Gasteiger partial charge < -0.3 is 15.4 Å². The van der Waals surface area contributed by atoms with Gasteiger partial charge in [0.05, 0.1) is 6.10 Å². The lowest BCUT2D eigenvalue weighted by Gasteiger charge is -2.10. The molecule has 5 nitrogen and oxygen atoms in total. The summed E-state index contributed by atoms with van der Waals surface area (Å²) in [5.74, 6) is -0.0498. The van der Waals surface area contributed by atoms with Crippen molar-refractivity contribution in [2.45, 2.75) is 64.4 Å². The Kier molecular flexibility index (Phi) is 8.46. The van der Waals surface area contributed by atoms with Gasteiger partial charge >= 0.3 is 0 Å². The summed E-state index contributed by atoms with van der Waals surface area (Å²) in [5.41, 5.74) is 1.35. The lowest BCUT2D eigenvalue weighted by atomic mass is 10.1. The van der Waals surface area contributed by atoms with Gasteiger partial charge in [0, 0.05) is 30.8 Å². The first-order valence-electron chi connectivity index (χ1n) is 9.48. The van der Waals surface area contributed by atoms with Gasteiger partial charge in [-0.2, -0.15) is 0 Å². The number of rotatable bonds is 10. The molecule has 2 amide bonds. The number of benzene rings is 1. The minimum atomic E-state index is -0.0685. The van der Waals surface area contributed by atoms with E-state index in [4.69, 9.17) is 4.74 Å². The molecular formula is C20H30N2O3. The summed E-state index contributed by atoms with van der Waals surface area (Å²) in [6, 6.07) is 7.04. The fourth-order valence-corrected chi connectivity index (χ4v) is 2.94. The van der Waals surface area contributed by atoms with Crippen LogP contribution < -0.4 is 10.6 Å². The lowest BCUT2D eigenvalue weighted by molar-refractivity contribution is -0.116. The average Bonchev–Trinajstić information content (AvgIpc) is 3.13. The fraction of sp³-hybridized carbons (Fsp3) is 0.600. The number of nitrogens with one attached hydrogen (secondary N) is 2. The maximum atomic E-state index is 12.1. The summed E-state index contributed by atoms with van der Waals surface area (Å²) >= 11 is 0. The van der Waals surface area contributed by atoms with E-state index in [1.54, 1.807) is 24.3 Å². The Balaban J connectivity index is 1.64. The smallest absolute Gasteiger partial charge is 0.251 e. The van der Waals surface area contributed by atoms with Crippen molar-refractivity contribution in [2.24, 2.45) is 0 Å². The number of ether oxygens (including phenoxy) is 1. The summed E-state index contributed by atoms with van der Waals surface area (Å²) in [6.45, 7) is 3.64. The first kappa shape index (κ1) is 19.4. The minimum absolute atomic E-state index is 0.0188. The predicted octanol–water partition coefficient (Wildman–Crippen LogP) is 3.89. The molecule has 1 aromatic rings. The molecule has 0 spiro atoms. The number of carbonyl (C=O) groups is 2. The Morgan fingerprint density at radius 2 is 1.96 bits per heavy atom. The fourth-order valence-electron chi connectivity index (χ4n) is 2.94. The zero-order chi connectivity index (χ0) is 17.9. The number of amides is 2. The molecule has 1 atom stereocenters. The van der Waals surface area contributed by atoms with E-state index in [9.17, 15) is 9.59 Å². The third-order valence-corrected chi connectivity index (χ3v) is 4.45. The van der Waals surface area contributed by atoms with E-state index >= 15 is 0 Å². The summed E-state index contributed by atoms with van der Waals surface area (Å²) in [5, 5.41) is 5.79. The van der Waals surface area contributed by atoms with Gasteiger partial charge in [0.25, 0.3) is 5.91 Å². The monoisotopic (exact) mass is 346 g/mol. The maximum Gasteiger partial charge on any atom is 0.251 e. The topological polar surface area (TPSA) is 67.4 Å². The Bertz CT molecular complexity index is 536. The SMILES string of the molecule is CCCCC(=O)Nc1ccc(C(=O)NCCCC[C@H]2CCCO2)cc1. The molecule has 1 aliphatic rings. The highest BCUT2D eigenvalue weighted by atomic mass is 16.5. The van der Waals surface area contributed by atoms with Gasteiger partial charge in [-0.15, -0.1) is 0 Å². The van der Waals surface area contributed by atoms with Crippen LogP contribution in [0.1, 0.15) is 68.6 Å². The van der Waals surface area contributed by atoms with E-state index in [2.05, 4.69) is 17.6 Å². The molecule has 0 radical (unpaired) electrons. The van der Waals surface area contributed by atoms with Crippen LogP contribution in [0.5, 0.6) is 0 Å². The third-order valence-electron chi connectivity index (χ3n) is 4.45. The van der Waals surface area contributed by atoms with Crippen molar-refractivity contribution in [2.75, 3.05) is 18.5 Å². The summed E-state index contributed by atoms with van der Waals surface area (Å²) in [4.78, 5) is 23.8. The van der Waals surface area contributed by atoms with Crippen LogP contribution in [0.2, 0.25) is 0 Å². The first-order chi connectivity index (χ1) is 12.2. The molecule has 0 saturated carbocycles. The van der Waals surface area contributed by atoms with E-state index < -0.39 is 0 Å². The van der Waals surface area contributed by atoms with Gasteiger partial charge in [-0.3, -0.25) is 9.59 Å². The average molecular weight is 346 g/mol. The summed E-state index contributed by atoms with van der Waals surface area (Å²) in [6.07, 6.45) is 8.33. The maximum absolute atomic E-state index is 12.1. The first-order valence-corrected chi connectivity index (χ1v) is 9.48. The van der Waals surface area contributed by atoms with Crippen LogP contribution >= 0.6 is 0 Å². The Labute approximate surface area is 150 Å². The molecule has 1 fully saturated rings. The zero-order valence-electron chi connectivity index (χ0n) is 15.2. The number of unbranched alkanes of at least 4 members (excludes halogenated alkanes) is 2. The highest BCUT2D eigenvalue weighted by Gasteiger charge is 2.14. The Hall–Kier alpha value is -1.88. The summed E-state index contributed by atoms with van der Waals surface area (Å²) < 4.78 is 5.59. The minimum Gasteiger partial charge on any atom is -0.378 e. The molecule has 1 heterocycles.